The van der Waals surface area contributed by atoms with Gasteiger partial charge >= 0.3 is 0 Å². The monoisotopic (exact) mass is 345 g/mol. The fraction of sp³-hybridized carbons (Fsp3) is 0.611. The Morgan fingerprint density at radius 1 is 1.44 bits per heavy atom. The quantitative estimate of drug-likeness (QED) is 0.828. The van der Waals surface area contributed by atoms with Crippen LogP contribution in [0.15, 0.2) is 18.3 Å². The first kappa shape index (κ1) is 17.7. The molecule has 0 spiro atoms. The molecular weight excluding hydrogens is 318 g/mol. The molecule has 2 aliphatic rings. The minimum atomic E-state index is 0.0442. The van der Waals surface area contributed by atoms with Crippen molar-refractivity contribution < 1.29 is 9.59 Å². The summed E-state index contributed by atoms with van der Waals surface area (Å²) in [6.07, 6.45) is 4.77. The van der Waals surface area contributed by atoms with E-state index in [1.54, 1.807) is 25.4 Å². The summed E-state index contributed by atoms with van der Waals surface area (Å²) in [5.74, 6) is 1.33. The number of hydrogen-bond donors (Lipinski definition) is 2. The van der Waals surface area contributed by atoms with Crippen LogP contribution in [-0.4, -0.2) is 65.9 Å². The highest BCUT2D eigenvalue weighted by atomic mass is 16.2. The van der Waals surface area contributed by atoms with Crippen LogP contribution in [0.3, 0.4) is 0 Å². The van der Waals surface area contributed by atoms with Crippen molar-refractivity contribution in [1.82, 2.24) is 14.8 Å². The minimum absolute atomic E-state index is 0.0442. The Kier molecular flexibility index (Phi) is 5.53. The van der Waals surface area contributed by atoms with E-state index in [4.69, 9.17) is 5.73 Å². The van der Waals surface area contributed by atoms with E-state index >= 15 is 0 Å². The molecule has 7 heteroatoms. The Bertz CT molecular complexity index is 636. The number of carbonyl (C=O) groups is 2. The van der Waals surface area contributed by atoms with E-state index in [0.29, 0.717) is 43.4 Å². The maximum Gasteiger partial charge on any atom is 0.254 e. The number of nitrogens with zero attached hydrogens (tertiary/aromatic N) is 3. The molecule has 2 aliphatic heterocycles. The molecule has 2 fully saturated rings. The predicted octanol–water partition coefficient (Wildman–Crippen LogP) is 0.925. The van der Waals surface area contributed by atoms with Crippen LogP contribution >= 0.6 is 0 Å². The fourth-order valence-electron chi connectivity index (χ4n) is 3.97. The van der Waals surface area contributed by atoms with E-state index in [9.17, 15) is 9.59 Å². The van der Waals surface area contributed by atoms with Crippen molar-refractivity contribution in [2.24, 2.45) is 11.7 Å². The summed E-state index contributed by atoms with van der Waals surface area (Å²) in [5.41, 5.74) is 6.27. The Morgan fingerprint density at radius 3 is 3.04 bits per heavy atom. The second kappa shape index (κ2) is 7.82. The van der Waals surface area contributed by atoms with Gasteiger partial charge in [-0.3, -0.25) is 9.59 Å². The van der Waals surface area contributed by atoms with Crippen molar-refractivity contribution in [3.05, 3.63) is 23.9 Å². The third kappa shape index (κ3) is 3.76. The third-order valence-corrected chi connectivity index (χ3v) is 5.30. The Balaban J connectivity index is 1.68. The number of carbonyl (C=O) groups excluding carboxylic acids is 2. The van der Waals surface area contributed by atoms with E-state index in [1.807, 2.05) is 9.80 Å². The van der Waals surface area contributed by atoms with Gasteiger partial charge in [0.25, 0.3) is 5.91 Å². The summed E-state index contributed by atoms with van der Waals surface area (Å²) < 4.78 is 0. The van der Waals surface area contributed by atoms with Gasteiger partial charge in [-0.25, -0.2) is 4.98 Å². The lowest BCUT2D eigenvalue weighted by Gasteiger charge is -2.47. The highest BCUT2D eigenvalue weighted by molar-refractivity contribution is 5.95. The van der Waals surface area contributed by atoms with Gasteiger partial charge in [-0.05, 0) is 43.9 Å². The number of aromatic nitrogens is 1. The first-order valence-corrected chi connectivity index (χ1v) is 9.06. The molecule has 0 aliphatic carbocycles. The predicted molar refractivity (Wildman–Crippen MR) is 96.2 cm³/mol. The lowest BCUT2D eigenvalue weighted by molar-refractivity contribution is -0.140. The summed E-state index contributed by atoms with van der Waals surface area (Å²) in [5, 5.41) is 2.96. The molecule has 0 saturated carbocycles. The second-order valence-electron chi connectivity index (χ2n) is 6.82. The van der Waals surface area contributed by atoms with E-state index < -0.39 is 0 Å². The maximum atomic E-state index is 12.8. The molecule has 2 amide bonds. The van der Waals surface area contributed by atoms with Gasteiger partial charge in [-0.15, -0.1) is 0 Å². The second-order valence-corrected chi connectivity index (χ2v) is 6.82. The zero-order chi connectivity index (χ0) is 17.8. The fourth-order valence-corrected chi connectivity index (χ4v) is 3.97. The average Bonchev–Trinajstić information content (AvgIpc) is 2.66. The number of anilines is 1. The molecule has 0 radical (unpaired) electrons. The molecule has 0 unspecified atom stereocenters. The van der Waals surface area contributed by atoms with Crippen molar-refractivity contribution >= 4 is 17.6 Å². The molecule has 0 aromatic carbocycles. The lowest BCUT2D eigenvalue weighted by atomic mass is 9.83. The van der Waals surface area contributed by atoms with Gasteiger partial charge in [0.2, 0.25) is 5.91 Å². The van der Waals surface area contributed by atoms with Gasteiger partial charge in [0.1, 0.15) is 5.82 Å². The topological polar surface area (TPSA) is 91.6 Å². The number of rotatable bonds is 5. The molecule has 3 rings (SSSR count). The van der Waals surface area contributed by atoms with Crippen LogP contribution in [-0.2, 0) is 4.79 Å². The smallest absolute Gasteiger partial charge is 0.254 e. The van der Waals surface area contributed by atoms with E-state index in [2.05, 4.69) is 10.3 Å². The number of pyridine rings is 1. The molecule has 1 aromatic rings. The number of amides is 2. The van der Waals surface area contributed by atoms with Crippen LogP contribution in [0.25, 0.3) is 0 Å². The van der Waals surface area contributed by atoms with Crippen LogP contribution in [0, 0.1) is 5.92 Å². The number of nitrogens with one attached hydrogen (secondary N) is 1. The van der Waals surface area contributed by atoms with Gasteiger partial charge in [0.05, 0.1) is 0 Å². The number of likely N-dealkylation sites (tertiary alicyclic amines) is 2. The highest BCUT2D eigenvalue weighted by Crippen LogP contribution is 2.32. The molecule has 2 saturated heterocycles. The summed E-state index contributed by atoms with van der Waals surface area (Å²) in [7, 11) is 1.79. The molecule has 3 N–H and O–H groups in total. The zero-order valence-corrected chi connectivity index (χ0v) is 14.8. The molecule has 7 nitrogen and oxygen atoms in total. The molecular formula is C18H27N5O2. The molecule has 2 atom stereocenters. The molecule has 136 valence electrons. The van der Waals surface area contributed by atoms with Gasteiger partial charge in [-0.2, -0.15) is 0 Å². The molecule has 3 heterocycles. The van der Waals surface area contributed by atoms with Crippen molar-refractivity contribution in [3.8, 4) is 0 Å². The highest BCUT2D eigenvalue weighted by Gasteiger charge is 2.40. The van der Waals surface area contributed by atoms with Crippen LogP contribution < -0.4 is 11.1 Å². The lowest BCUT2D eigenvalue weighted by Crippen LogP contribution is -2.57. The molecule has 0 bridgehead atoms. The van der Waals surface area contributed by atoms with Gasteiger partial charge in [0.15, 0.2) is 0 Å². The van der Waals surface area contributed by atoms with E-state index in [-0.39, 0.29) is 17.9 Å². The molecule has 1 aromatic heterocycles. The van der Waals surface area contributed by atoms with Crippen LogP contribution in [0.1, 0.15) is 36.0 Å². The Labute approximate surface area is 148 Å². The van der Waals surface area contributed by atoms with Crippen LogP contribution in [0.2, 0.25) is 0 Å². The standard InChI is InChI=1S/C18H27N5O2/c1-20-16-11-13(5-8-21-16)18(25)22-10-6-15-14(12-22)3-4-17(24)23(15)9-2-7-19/h5,8,11,14-15H,2-4,6-7,9-10,12,19H2,1H3,(H,20,21)/t14-,15+/m0/s1. The van der Waals surface area contributed by atoms with Crippen molar-refractivity contribution in [3.63, 3.8) is 0 Å². The third-order valence-electron chi connectivity index (χ3n) is 5.30. The van der Waals surface area contributed by atoms with Crippen molar-refractivity contribution in [1.29, 1.82) is 0 Å². The minimum Gasteiger partial charge on any atom is -0.373 e. The van der Waals surface area contributed by atoms with Gasteiger partial charge in [0, 0.05) is 50.9 Å². The first-order valence-electron chi connectivity index (χ1n) is 9.06. The summed E-state index contributed by atoms with van der Waals surface area (Å²) in [6, 6.07) is 3.79. The average molecular weight is 345 g/mol. The number of hydrogen-bond acceptors (Lipinski definition) is 5. The van der Waals surface area contributed by atoms with Crippen LogP contribution in [0.5, 0.6) is 0 Å². The first-order chi connectivity index (χ1) is 12.1. The normalized spacial score (nSPS) is 23.4. The van der Waals surface area contributed by atoms with Crippen LogP contribution in [0.4, 0.5) is 5.82 Å². The zero-order valence-electron chi connectivity index (χ0n) is 14.8. The van der Waals surface area contributed by atoms with Gasteiger partial charge in [-0.1, -0.05) is 0 Å². The van der Waals surface area contributed by atoms with E-state index in [1.165, 1.54) is 0 Å². The Hall–Kier alpha value is -2.15. The summed E-state index contributed by atoms with van der Waals surface area (Å²) in [6.45, 7) is 2.73. The van der Waals surface area contributed by atoms with Gasteiger partial charge < -0.3 is 20.9 Å². The van der Waals surface area contributed by atoms with Crippen molar-refractivity contribution in [2.75, 3.05) is 38.5 Å². The molecule has 25 heavy (non-hydrogen) atoms. The largest absolute Gasteiger partial charge is 0.373 e. The summed E-state index contributed by atoms with van der Waals surface area (Å²) >= 11 is 0. The SMILES string of the molecule is CNc1cc(C(=O)N2CC[C@@H]3[C@@H](CCC(=O)N3CCCN)C2)ccn1. The summed E-state index contributed by atoms with van der Waals surface area (Å²) in [4.78, 5) is 33.2. The Morgan fingerprint density at radius 2 is 2.28 bits per heavy atom. The van der Waals surface area contributed by atoms with Crippen molar-refractivity contribution in [2.45, 2.75) is 31.7 Å². The number of piperidine rings is 2. The number of fused-ring (bicyclic) bond motifs is 1. The maximum absolute atomic E-state index is 12.8. The number of nitrogens with two attached hydrogens (primary N) is 1. The van der Waals surface area contributed by atoms with E-state index in [0.717, 1.165) is 25.8 Å².